The van der Waals surface area contributed by atoms with Gasteiger partial charge in [0.2, 0.25) is 0 Å². The van der Waals surface area contributed by atoms with Crippen LogP contribution >= 0.6 is 16.1 Å². The predicted octanol–water partition coefficient (Wildman–Crippen LogP) is 0.460. The molecule has 2 atom stereocenters. The van der Waals surface area contributed by atoms with Gasteiger partial charge in [0.15, 0.2) is 0 Å². The topological polar surface area (TPSA) is 80.3 Å². The number of hydrogen-bond donors (Lipinski definition) is 0. The summed E-state index contributed by atoms with van der Waals surface area (Å²) in [7, 11) is -4.77. The van der Waals surface area contributed by atoms with Gasteiger partial charge in [-0.05, 0) is 12.3 Å². The molecule has 0 rings (SSSR count). The van der Waals surface area contributed by atoms with Gasteiger partial charge in [0.05, 0.1) is 0 Å². The summed E-state index contributed by atoms with van der Waals surface area (Å²) in [4.78, 5) is 19.3. The SMILES string of the molecule is CCC[PH](=O)[O-].CCC[PH](=O)[O-].[Fe+2]. The maximum atomic E-state index is 9.67. The molecule has 0 aliphatic carbocycles. The smallest absolute Gasteiger partial charge is 0.802 e. The molecule has 0 aromatic rings. The molecule has 0 radical (unpaired) electrons. The van der Waals surface area contributed by atoms with E-state index in [2.05, 4.69) is 0 Å². The van der Waals surface area contributed by atoms with E-state index in [-0.39, 0.29) is 17.1 Å². The number of hydrogen-bond acceptors (Lipinski definition) is 4. The van der Waals surface area contributed by atoms with E-state index in [1.54, 1.807) is 0 Å². The molecule has 7 heteroatoms. The summed E-state index contributed by atoms with van der Waals surface area (Å²) in [5, 5.41) is 0. The first-order chi connectivity index (χ1) is 5.54. The fraction of sp³-hybridized carbons (Fsp3) is 1.00. The first kappa shape index (κ1) is 19.5. The van der Waals surface area contributed by atoms with Gasteiger partial charge < -0.3 is 18.9 Å². The van der Waals surface area contributed by atoms with Gasteiger partial charge in [-0.25, -0.2) is 0 Å². The minimum atomic E-state index is -2.39. The first-order valence-electron chi connectivity index (χ1n) is 3.94. The summed E-state index contributed by atoms with van der Waals surface area (Å²) in [5.74, 6) is 0. The Morgan fingerprint density at radius 3 is 1.15 bits per heavy atom. The second-order valence-electron chi connectivity index (χ2n) is 2.24. The molecular formula is C6H16FeO4P2. The second kappa shape index (κ2) is 15.4. The van der Waals surface area contributed by atoms with Gasteiger partial charge in [-0.3, -0.25) is 0 Å². The van der Waals surface area contributed by atoms with E-state index in [9.17, 15) is 18.9 Å². The van der Waals surface area contributed by atoms with Crippen LogP contribution in [0.25, 0.3) is 0 Å². The van der Waals surface area contributed by atoms with Crippen molar-refractivity contribution in [3.05, 3.63) is 0 Å². The zero-order chi connectivity index (χ0) is 9.98. The Balaban J connectivity index is -0.000000143. The molecule has 0 saturated carbocycles. The zero-order valence-corrected chi connectivity index (χ0v) is 10.9. The third-order valence-corrected chi connectivity index (χ3v) is 2.72. The molecule has 0 aliphatic heterocycles. The Labute approximate surface area is 91.3 Å². The number of rotatable bonds is 4. The van der Waals surface area contributed by atoms with E-state index >= 15 is 0 Å². The molecule has 0 amide bonds. The van der Waals surface area contributed by atoms with Crippen LogP contribution < -0.4 is 9.79 Å². The van der Waals surface area contributed by atoms with Crippen molar-refractivity contribution in [2.75, 3.05) is 12.3 Å². The van der Waals surface area contributed by atoms with Crippen molar-refractivity contribution < 1.29 is 36.0 Å². The predicted molar refractivity (Wildman–Crippen MR) is 48.3 cm³/mol. The molecule has 0 spiro atoms. The summed E-state index contributed by atoms with van der Waals surface area (Å²) in [6.07, 6.45) is 2.23. The molecular weight excluding hydrogens is 254 g/mol. The third-order valence-electron chi connectivity index (χ3n) is 0.908. The minimum Gasteiger partial charge on any atom is -0.802 e. The van der Waals surface area contributed by atoms with Gasteiger partial charge >= 0.3 is 17.1 Å². The molecule has 0 heterocycles. The maximum Gasteiger partial charge on any atom is 2.00 e. The summed E-state index contributed by atoms with van der Waals surface area (Å²) in [5.41, 5.74) is 0. The average Bonchev–Trinajstić information content (AvgIpc) is 1.87. The fourth-order valence-corrected chi connectivity index (χ4v) is 1.22. The quantitative estimate of drug-likeness (QED) is 0.549. The fourth-order valence-electron chi connectivity index (χ4n) is 0.408. The Morgan fingerprint density at radius 1 is 0.923 bits per heavy atom. The third kappa shape index (κ3) is 32.2. The van der Waals surface area contributed by atoms with Gasteiger partial charge in [-0.15, -0.1) is 0 Å². The van der Waals surface area contributed by atoms with Crippen LogP contribution in [0.2, 0.25) is 0 Å². The first-order valence-corrected chi connectivity index (χ1v) is 6.99. The molecule has 0 saturated heterocycles. The maximum absolute atomic E-state index is 9.67. The molecule has 0 aromatic heterocycles. The Morgan fingerprint density at radius 2 is 1.15 bits per heavy atom. The summed E-state index contributed by atoms with van der Waals surface area (Å²) >= 11 is 0. The van der Waals surface area contributed by atoms with Gasteiger partial charge in [-0.1, -0.05) is 26.7 Å². The van der Waals surface area contributed by atoms with E-state index in [4.69, 9.17) is 0 Å². The van der Waals surface area contributed by atoms with Crippen molar-refractivity contribution in [2.24, 2.45) is 0 Å². The van der Waals surface area contributed by atoms with Crippen molar-refractivity contribution in [3.8, 4) is 0 Å². The summed E-state index contributed by atoms with van der Waals surface area (Å²) in [6.45, 7) is 3.70. The Hall–Kier alpha value is 0.899. The van der Waals surface area contributed by atoms with Gasteiger partial charge in [-0.2, -0.15) is 0 Å². The van der Waals surface area contributed by atoms with Crippen molar-refractivity contribution in [3.63, 3.8) is 0 Å². The zero-order valence-electron chi connectivity index (χ0n) is 7.81. The summed E-state index contributed by atoms with van der Waals surface area (Å²) < 4.78 is 19.3. The molecule has 0 N–H and O–H groups in total. The largest absolute Gasteiger partial charge is 2.00 e. The van der Waals surface area contributed by atoms with E-state index < -0.39 is 16.1 Å². The van der Waals surface area contributed by atoms with Crippen molar-refractivity contribution in [1.82, 2.24) is 0 Å². The second-order valence-corrected chi connectivity index (χ2v) is 4.73. The average molecular weight is 270 g/mol. The Kier molecular flexibility index (Phi) is 23.0. The molecule has 82 valence electrons. The van der Waals surface area contributed by atoms with E-state index in [0.717, 1.165) is 12.8 Å². The molecule has 0 aliphatic rings. The normalized spacial score (nSPS) is 13.2. The van der Waals surface area contributed by atoms with E-state index in [0.29, 0.717) is 12.3 Å². The van der Waals surface area contributed by atoms with Crippen LogP contribution in [0.15, 0.2) is 0 Å². The molecule has 0 bridgehead atoms. The van der Waals surface area contributed by atoms with E-state index in [1.165, 1.54) is 0 Å². The Bertz CT molecular complexity index is 127. The summed E-state index contributed by atoms with van der Waals surface area (Å²) in [6, 6.07) is 0. The van der Waals surface area contributed by atoms with Crippen molar-refractivity contribution in [1.29, 1.82) is 0 Å². The standard InChI is InChI=1S/2C3H9O2P.Fe/c2*1-2-3-6(4)5;/h2*6H,2-3H2,1H3,(H,4,5);/q;;+2/p-2. The monoisotopic (exact) mass is 270 g/mol. The minimum absolute atomic E-state index is 0. The molecule has 0 fully saturated rings. The molecule has 2 unspecified atom stereocenters. The van der Waals surface area contributed by atoms with Crippen LogP contribution in [0, 0.1) is 0 Å². The van der Waals surface area contributed by atoms with Crippen LogP contribution in [-0.4, -0.2) is 12.3 Å². The molecule has 4 nitrogen and oxygen atoms in total. The van der Waals surface area contributed by atoms with Gasteiger partial charge in [0.25, 0.3) is 0 Å². The van der Waals surface area contributed by atoms with Gasteiger partial charge in [0, 0.05) is 16.1 Å². The van der Waals surface area contributed by atoms with Crippen LogP contribution in [0.4, 0.5) is 0 Å². The molecule has 13 heavy (non-hydrogen) atoms. The van der Waals surface area contributed by atoms with Crippen molar-refractivity contribution in [2.45, 2.75) is 26.7 Å². The van der Waals surface area contributed by atoms with Crippen molar-refractivity contribution >= 4 is 16.1 Å². The van der Waals surface area contributed by atoms with E-state index in [1.807, 2.05) is 13.8 Å². The van der Waals surface area contributed by atoms with Crippen LogP contribution in [-0.2, 0) is 26.2 Å². The van der Waals surface area contributed by atoms with Crippen LogP contribution in [0.3, 0.4) is 0 Å². The van der Waals surface area contributed by atoms with Crippen LogP contribution in [0.1, 0.15) is 26.7 Å². The van der Waals surface area contributed by atoms with Gasteiger partial charge in [0.1, 0.15) is 0 Å². The molecule has 0 aromatic carbocycles. The van der Waals surface area contributed by atoms with Crippen LogP contribution in [0.5, 0.6) is 0 Å².